The highest BCUT2D eigenvalue weighted by Gasteiger charge is 2.51. The molecule has 5 heteroatoms. The number of fused-ring (bicyclic) bond motifs is 1. The molecule has 1 nitrogen and oxygen atoms in total. The van der Waals surface area contributed by atoms with Gasteiger partial charge < -0.3 is 21.7 Å². The average molecular weight is 596 g/mol. The van der Waals surface area contributed by atoms with E-state index >= 15 is 0 Å². The first-order valence-corrected chi connectivity index (χ1v) is 16.4. The first-order chi connectivity index (χ1) is 17.2. The Morgan fingerprint density at radius 2 is 1.19 bits per heavy atom. The van der Waals surface area contributed by atoms with Gasteiger partial charge in [0.15, 0.2) is 0 Å². The molecule has 0 amide bonds. The van der Waals surface area contributed by atoms with Gasteiger partial charge in [-0.1, -0.05) is 60.7 Å². The van der Waals surface area contributed by atoms with Gasteiger partial charge in [0, 0.05) is 12.0 Å². The maximum absolute atomic E-state index is 6.14. The predicted octanol–water partition coefficient (Wildman–Crippen LogP) is 4.41. The third kappa shape index (κ3) is 4.67. The quantitative estimate of drug-likeness (QED) is 0.232. The summed E-state index contributed by atoms with van der Waals surface area (Å²) in [5.74, 6) is 1.04. The fourth-order valence-corrected chi connectivity index (χ4v) is 12.3. The van der Waals surface area contributed by atoms with Crippen molar-refractivity contribution in [2.45, 2.75) is 23.1 Å². The van der Waals surface area contributed by atoms with Crippen LogP contribution in [-0.4, -0.2) is 19.1 Å². The van der Waals surface area contributed by atoms with Crippen molar-refractivity contribution < 1.29 is 21.7 Å². The Labute approximate surface area is 235 Å². The standard InChI is InChI=1S/C31H32OPS2.BrH/c1-24(25-19-20-30-29(23-25)31(34-2,35-3)21-22-32-30)33(26-13-7-4-8-14-26,27-15-9-5-10-16-27)28-17-11-6-12-18-28;/h4-20,23-24H,21-22H2,1-3H3;1H/q+1;/p-1. The second-order valence-corrected chi connectivity index (χ2v) is 15.2. The Kier molecular flexibility index (Phi) is 8.94. The number of thioether (sulfide) groups is 2. The zero-order valence-electron chi connectivity index (χ0n) is 20.9. The van der Waals surface area contributed by atoms with Crippen LogP contribution in [0.5, 0.6) is 5.75 Å². The molecule has 186 valence electrons. The van der Waals surface area contributed by atoms with Crippen LogP contribution in [0.2, 0.25) is 0 Å². The van der Waals surface area contributed by atoms with Gasteiger partial charge in [-0.15, -0.1) is 23.5 Å². The molecule has 0 bridgehead atoms. The summed E-state index contributed by atoms with van der Waals surface area (Å²) in [5.41, 5.74) is 3.01. The molecule has 1 unspecified atom stereocenters. The van der Waals surface area contributed by atoms with Crippen LogP contribution < -0.4 is 37.6 Å². The van der Waals surface area contributed by atoms with Crippen LogP contribution in [0.15, 0.2) is 109 Å². The maximum atomic E-state index is 6.14. The van der Waals surface area contributed by atoms with Crippen molar-refractivity contribution in [3.63, 3.8) is 0 Å². The van der Waals surface area contributed by atoms with Gasteiger partial charge in [0.05, 0.1) is 10.7 Å². The summed E-state index contributed by atoms with van der Waals surface area (Å²) in [4.78, 5) is 0. The van der Waals surface area contributed by atoms with Gasteiger partial charge >= 0.3 is 0 Å². The summed E-state index contributed by atoms with van der Waals surface area (Å²) in [7, 11) is -2.02. The molecule has 1 aliphatic rings. The smallest absolute Gasteiger partial charge is 0.124 e. The van der Waals surface area contributed by atoms with Crippen LogP contribution in [-0.2, 0) is 4.08 Å². The average Bonchev–Trinajstić information content (AvgIpc) is 2.94. The summed E-state index contributed by atoms with van der Waals surface area (Å²) in [6.45, 7) is 3.21. The number of benzene rings is 4. The second kappa shape index (κ2) is 11.8. The number of ether oxygens (including phenoxy) is 1. The number of hydrogen-bond donors (Lipinski definition) is 0. The summed E-state index contributed by atoms with van der Waals surface area (Å²) in [6, 6.07) is 40.5. The third-order valence-corrected chi connectivity index (χ3v) is 15.3. The van der Waals surface area contributed by atoms with E-state index in [-0.39, 0.29) is 21.1 Å². The van der Waals surface area contributed by atoms with E-state index in [4.69, 9.17) is 4.74 Å². The van der Waals surface area contributed by atoms with Gasteiger partial charge in [0.1, 0.15) is 34.6 Å². The molecular weight excluding hydrogens is 563 g/mol. The van der Waals surface area contributed by atoms with E-state index < -0.39 is 7.26 Å². The monoisotopic (exact) mass is 594 g/mol. The molecule has 0 spiro atoms. The van der Waals surface area contributed by atoms with Crippen LogP contribution in [0.4, 0.5) is 0 Å². The first kappa shape index (κ1) is 27.3. The molecule has 0 saturated heterocycles. The topological polar surface area (TPSA) is 9.23 Å². The Morgan fingerprint density at radius 1 is 0.722 bits per heavy atom. The lowest BCUT2D eigenvalue weighted by Crippen LogP contribution is -3.00. The zero-order chi connectivity index (χ0) is 24.3. The van der Waals surface area contributed by atoms with Crippen molar-refractivity contribution >= 4 is 46.7 Å². The molecule has 0 aliphatic carbocycles. The summed E-state index contributed by atoms with van der Waals surface area (Å²) in [6.07, 6.45) is 5.49. The van der Waals surface area contributed by atoms with Crippen molar-refractivity contribution in [1.82, 2.24) is 0 Å². The van der Waals surface area contributed by atoms with E-state index in [1.165, 1.54) is 27.0 Å². The fraction of sp³-hybridized carbons (Fsp3) is 0.226. The molecule has 0 fully saturated rings. The number of hydrogen-bond acceptors (Lipinski definition) is 3. The maximum Gasteiger partial charge on any atom is 0.124 e. The first-order valence-electron chi connectivity index (χ1n) is 12.1. The lowest BCUT2D eigenvalue weighted by atomic mass is 10.0. The van der Waals surface area contributed by atoms with Crippen molar-refractivity contribution in [2.75, 3.05) is 19.1 Å². The molecule has 1 heterocycles. The van der Waals surface area contributed by atoms with Crippen molar-refractivity contribution in [2.24, 2.45) is 0 Å². The molecule has 0 saturated carbocycles. The summed E-state index contributed by atoms with van der Waals surface area (Å²) >= 11 is 3.89. The molecule has 1 aliphatic heterocycles. The third-order valence-electron chi connectivity index (χ3n) is 7.32. The minimum absolute atomic E-state index is 0. The SMILES string of the molecule is CSC1(SC)CCOc2ccc(C(C)[P+](c3ccccc3)(c3ccccc3)c3ccccc3)cc21.[Br-]. The molecule has 4 aromatic rings. The van der Waals surface area contributed by atoms with E-state index in [9.17, 15) is 0 Å². The molecule has 0 aromatic heterocycles. The van der Waals surface area contributed by atoms with Gasteiger partial charge in [-0.3, -0.25) is 0 Å². The van der Waals surface area contributed by atoms with Crippen molar-refractivity contribution in [3.8, 4) is 5.75 Å². The largest absolute Gasteiger partial charge is 1.00 e. The van der Waals surface area contributed by atoms with E-state index in [2.05, 4.69) is 129 Å². The highest BCUT2D eigenvalue weighted by Crippen LogP contribution is 2.67. The van der Waals surface area contributed by atoms with E-state index in [1.807, 2.05) is 23.5 Å². The molecule has 4 aromatic carbocycles. The highest BCUT2D eigenvalue weighted by atomic mass is 79.9. The minimum Gasteiger partial charge on any atom is -1.00 e. The fourth-order valence-electron chi connectivity index (χ4n) is 5.50. The Morgan fingerprint density at radius 3 is 1.64 bits per heavy atom. The van der Waals surface area contributed by atoms with E-state index in [0.29, 0.717) is 5.66 Å². The lowest BCUT2D eigenvalue weighted by Gasteiger charge is -2.38. The molecular formula is C31H32BrOPS2. The van der Waals surface area contributed by atoms with Crippen molar-refractivity contribution in [3.05, 3.63) is 120 Å². The Balaban J connectivity index is 0.00000304. The molecule has 0 radical (unpaired) electrons. The van der Waals surface area contributed by atoms with Gasteiger partial charge in [-0.2, -0.15) is 0 Å². The van der Waals surface area contributed by atoms with Gasteiger partial charge in [-0.05, 0) is 73.5 Å². The zero-order valence-corrected chi connectivity index (χ0v) is 25.0. The normalized spacial score (nSPS) is 15.2. The van der Waals surface area contributed by atoms with Gasteiger partial charge in [0.25, 0.3) is 0 Å². The minimum atomic E-state index is -2.02. The number of halogens is 1. The predicted molar refractivity (Wildman–Crippen MR) is 159 cm³/mol. The Hall–Kier alpha value is -1.71. The molecule has 36 heavy (non-hydrogen) atoms. The van der Waals surface area contributed by atoms with Crippen LogP contribution in [0.25, 0.3) is 0 Å². The van der Waals surface area contributed by atoms with Crippen LogP contribution in [0.1, 0.15) is 30.1 Å². The van der Waals surface area contributed by atoms with Crippen LogP contribution >= 0.6 is 30.8 Å². The van der Waals surface area contributed by atoms with Gasteiger partial charge in [-0.25, -0.2) is 0 Å². The lowest BCUT2D eigenvalue weighted by molar-refractivity contribution is -0.00000726. The molecule has 0 N–H and O–H groups in total. The van der Waals surface area contributed by atoms with E-state index in [0.717, 1.165) is 18.8 Å². The van der Waals surface area contributed by atoms with Gasteiger partial charge in [0.2, 0.25) is 0 Å². The number of rotatable bonds is 7. The van der Waals surface area contributed by atoms with Crippen molar-refractivity contribution in [1.29, 1.82) is 0 Å². The molecule has 5 rings (SSSR count). The summed E-state index contributed by atoms with van der Waals surface area (Å²) < 4.78 is 6.18. The summed E-state index contributed by atoms with van der Waals surface area (Å²) in [5, 5.41) is 4.25. The molecule has 1 atom stereocenters. The Bertz CT molecular complexity index is 1170. The van der Waals surface area contributed by atoms with Crippen LogP contribution in [0, 0.1) is 0 Å². The van der Waals surface area contributed by atoms with Crippen LogP contribution in [0.3, 0.4) is 0 Å². The highest BCUT2D eigenvalue weighted by molar-refractivity contribution is 8.16. The van der Waals surface area contributed by atoms with E-state index in [1.54, 1.807) is 0 Å². The second-order valence-electron chi connectivity index (χ2n) is 8.92.